The van der Waals surface area contributed by atoms with Crippen LogP contribution in [0.2, 0.25) is 5.02 Å². The van der Waals surface area contributed by atoms with Crippen molar-refractivity contribution in [2.75, 3.05) is 18.6 Å². The van der Waals surface area contributed by atoms with Gasteiger partial charge in [0.15, 0.2) is 5.13 Å². The van der Waals surface area contributed by atoms with Gasteiger partial charge in [0.1, 0.15) is 5.75 Å². The lowest BCUT2D eigenvalue weighted by Crippen LogP contribution is -2.34. The summed E-state index contributed by atoms with van der Waals surface area (Å²) in [4.78, 5) is 19.6. The molecule has 0 atom stereocenters. The molecule has 0 unspecified atom stereocenters. The van der Waals surface area contributed by atoms with Gasteiger partial charge in [-0.15, -0.1) is 0 Å². The predicted octanol–water partition coefficient (Wildman–Crippen LogP) is 4.50. The number of carbonyl (C=O) groups is 1. The van der Waals surface area contributed by atoms with Gasteiger partial charge in [-0.1, -0.05) is 29.0 Å². The van der Waals surface area contributed by atoms with Crippen LogP contribution in [0.25, 0.3) is 10.2 Å². The second-order valence-electron chi connectivity index (χ2n) is 6.07. The van der Waals surface area contributed by atoms with Crippen molar-refractivity contribution in [3.63, 3.8) is 0 Å². The first-order chi connectivity index (χ1) is 13.6. The Labute approximate surface area is 170 Å². The zero-order valence-electron chi connectivity index (χ0n) is 15.1. The van der Waals surface area contributed by atoms with E-state index in [1.807, 2.05) is 30.5 Å². The van der Waals surface area contributed by atoms with Crippen LogP contribution in [-0.4, -0.2) is 34.3 Å². The highest BCUT2D eigenvalue weighted by molar-refractivity contribution is 7.22. The number of aromatic nitrogens is 3. The third-order valence-corrected chi connectivity index (χ3v) is 5.52. The monoisotopic (exact) mass is 412 g/mol. The molecule has 4 rings (SSSR count). The molecule has 8 heteroatoms. The molecule has 0 bridgehead atoms. The molecule has 28 heavy (non-hydrogen) atoms. The van der Waals surface area contributed by atoms with Gasteiger partial charge in [-0.3, -0.25) is 14.4 Å². The minimum absolute atomic E-state index is 0.152. The Kier molecular flexibility index (Phi) is 5.27. The third-order valence-electron chi connectivity index (χ3n) is 4.24. The van der Waals surface area contributed by atoms with Crippen molar-refractivity contribution >= 4 is 44.2 Å². The topological polar surface area (TPSA) is 60.2 Å². The maximum absolute atomic E-state index is 13.2. The van der Waals surface area contributed by atoms with Crippen molar-refractivity contribution in [2.45, 2.75) is 6.54 Å². The van der Waals surface area contributed by atoms with Crippen LogP contribution in [0.15, 0.2) is 60.9 Å². The van der Waals surface area contributed by atoms with Gasteiger partial charge in [0.2, 0.25) is 0 Å². The Bertz CT molecular complexity index is 1110. The third kappa shape index (κ3) is 3.85. The largest absolute Gasteiger partial charge is 0.497 e. The molecule has 2 aromatic heterocycles. The Morgan fingerprint density at radius 1 is 1.25 bits per heavy atom. The van der Waals surface area contributed by atoms with Gasteiger partial charge in [-0.05, 0) is 42.5 Å². The van der Waals surface area contributed by atoms with Gasteiger partial charge in [0.05, 0.1) is 23.9 Å². The van der Waals surface area contributed by atoms with Crippen molar-refractivity contribution in [3.05, 3.63) is 71.5 Å². The van der Waals surface area contributed by atoms with Crippen LogP contribution in [0.4, 0.5) is 5.13 Å². The average molecular weight is 413 g/mol. The Morgan fingerprint density at radius 3 is 2.89 bits per heavy atom. The summed E-state index contributed by atoms with van der Waals surface area (Å²) < 4.78 is 8.03. The van der Waals surface area contributed by atoms with Gasteiger partial charge in [0, 0.05) is 29.5 Å². The van der Waals surface area contributed by atoms with E-state index in [-0.39, 0.29) is 5.91 Å². The van der Waals surface area contributed by atoms with Crippen molar-refractivity contribution < 1.29 is 9.53 Å². The Balaban J connectivity index is 1.70. The van der Waals surface area contributed by atoms with Crippen LogP contribution in [0.5, 0.6) is 5.75 Å². The number of rotatable bonds is 6. The molecule has 0 aliphatic rings. The summed E-state index contributed by atoms with van der Waals surface area (Å²) in [6.07, 6.45) is 3.58. The van der Waals surface area contributed by atoms with Gasteiger partial charge < -0.3 is 4.74 Å². The first-order valence-electron chi connectivity index (χ1n) is 8.63. The van der Waals surface area contributed by atoms with Crippen molar-refractivity contribution in [2.24, 2.45) is 0 Å². The predicted molar refractivity (Wildman–Crippen MR) is 112 cm³/mol. The normalized spacial score (nSPS) is 10.9. The standard InChI is InChI=1S/C20H17ClN4O2S/c1-27-16-6-7-17-18(13-16)28-20(23-17)25(11-10-24-9-3-8-22-24)19(26)14-4-2-5-15(21)12-14/h2-9,12-13H,10-11H2,1H3. The van der Waals surface area contributed by atoms with Crippen molar-refractivity contribution in [3.8, 4) is 5.75 Å². The summed E-state index contributed by atoms with van der Waals surface area (Å²) in [5, 5.41) is 5.36. The molecule has 1 amide bonds. The number of thiazole rings is 1. The zero-order valence-corrected chi connectivity index (χ0v) is 16.7. The van der Waals surface area contributed by atoms with Gasteiger partial charge >= 0.3 is 0 Å². The van der Waals surface area contributed by atoms with E-state index in [0.717, 1.165) is 16.0 Å². The summed E-state index contributed by atoms with van der Waals surface area (Å²) in [7, 11) is 1.63. The molecule has 0 saturated carbocycles. The number of benzene rings is 2. The van der Waals surface area contributed by atoms with E-state index in [1.54, 1.807) is 47.2 Å². The van der Waals surface area contributed by atoms with E-state index in [1.165, 1.54) is 11.3 Å². The van der Waals surface area contributed by atoms with Crippen LogP contribution in [0.3, 0.4) is 0 Å². The number of halogens is 1. The molecular formula is C20H17ClN4O2S. The van der Waals surface area contributed by atoms with Crippen molar-refractivity contribution in [1.82, 2.24) is 14.8 Å². The van der Waals surface area contributed by atoms with Crippen molar-refractivity contribution in [1.29, 1.82) is 0 Å². The van der Waals surface area contributed by atoms with E-state index in [0.29, 0.717) is 28.8 Å². The molecule has 0 saturated heterocycles. The molecule has 142 valence electrons. The highest BCUT2D eigenvalue weighted by atomic mass is 35.5. The maximum atomic E-state index is 13.2. The van der Waals surface area contributed by atoms with E-state index in [4.69, 9.17) is 16.3 Å². The summed E-state index contributed by atoms with van der Waals surface area (Å²) in [5.74, 6) is 0.604. The van der Waals surface area contributed by atoms with Gasteiger partial charge in [0.25, 0.3) is 5.91 Å². The molecule has 0 fully saturated rings. The van der Waals surface area contributed by atoms with Gasteiger partial charge in [-0.25, -0.2) is 4.98 Å². The van der Waals surface area contributed by atoms with E-state index in [2.05, 4.69) is 10.1 Å². The lowest BCUT2D eigenvalue weighted by molar-refractivity contribution is 0.0986. The van der Waals surface area contributed by atoms with Crippen LogP contribution in [0, 0.1) is 0 Å². The summed E-state index contributed by atoms with van der Waals surface area (Å²) in [6.45, 7) is 0.989. The first-order valence-corrected chi connectivity index (χ1v) is 9.83. The molecule has 0 aliphatic heterocycles. The number of fused-ring (bicyclic) bond motifs is 1. The summed E-state index contributed by atoms with van der Waals surface area (Å²) in [5.41, 5.74) is 1.34. The average Bonchev–Trinajstić information content (AvgIpc) is 3.37. The lowest BCUT2D eigenvalue weighted by Gasteiger charge is -2.20. The number of anilines is 1. The molecule has 6 nitrogen and oxygen atoms in total. The number of carbonyl (C=O) groups excluding carboxylic acids is 1. The van der Waals surface area contributed by atoms with Crippen LogP contribution < -0.4 is 9.64 Å². The number of amides is 1. The quantitative estimate of drug-likeness (QED) is 0.467. The fourth-order valence-electron chi connectivity index (χ4n) is 2.83. The minimum atomic E-state index is -0.152. The summed E-state index contributed by atoms with van der Waals surface area (Å²) >= 11 is 7.53. The Hall–Kier alpha value is -2.90. The number of methoxy groups -OCH3 is 1. The number of ether oxygens (including phenoxy) is 1. The number of hydrogen-bond donors (Lipinski definition) is 0. The van der Waals surface area contributed by atoms with E-state index < -0.39 is 0 Å². The zero-order chi connectivity index (χ0) is 19.5. The molecule has 4 aromatic rings. The molecule has 2 heterocycles. The van der Waals surface area contributed by atoms with E-state index >= 15 is 0 Å². The SMILES string of the molecule is COc1ccc2nc(N(CCn3cccn3)C(=O)c3cccc(Cl)c3)sc2c1. The van der Waals surface area contributed by atoms with Gasteiger partial charge in [-0.2, -0.15) is 5.10 Å². The minimum Gasteiger partial charge on any atom is -0.497 e. The molecule has 0 spiro atoms. The van der Waals surface area contributed by atoms with E-state index in [9.17, 15) is 4.79 Å². The first kappa shape index (κ1) is 18.5. The summed E-state index contributed by atoms with van der Waals surface area (Å²) in [6, 6.07) is 14.5. The van der Waals surface area contributed by atoms with Crippen LogP contribution >= 0.6 is 22.9 Å². The number of hydrogen-bond acceptors (Lipinski definition) is 5. The maximum Gasteiger partial charge on any atom is 0.260 e. The number of nitrogens with zero attached hydrogens (tertiary/aromatic N) is 4. The molecule has 0 aliphatic carbocycles. The highest BCUT2D eigenvalue weighted by Crippen LogP contribution is 2.32. The fraction of sp³-hybridized carbons (Fsp3) is 0.150. The second-order valence-corrected chi connectivity index (χ2v) is 7.51. The highest BCUT2D eigenvalue weighted by Gasteiger charge is 2.22. The second kappa shape index (κ2) is 8.00. The Morgan fingerprint density at radius 2 is 2.14 bits per heavy atom. The molecule has 2 aromatic carbocycles. The smallest absolute Gasteiger partial charge is 0.260 e. The molecular weight excluding hydrogens is 396 g/mol. The fourth-order valence-corrected chi connectivity index (χ4v) is 4.04. The molecule has 0 radical (unpaired) electrons. The molecule has 0 N–H and O–H groups in total. The van der Waals surface area contributed by atoms with Crippen LogP contribution in [-0.2, 0) is 6.54 Å². The van der Waals surface area contributed by atoms with Crippen LogP contribution in [0.1, 0.15) is 10.4 Å². The lowest BCUT2D eigenvalue weighted by atomic mass is 10.2.